The Morgan fingerprint density at radius 3 is 2.50 bits per heavy atom. The molecular formula is C11H11ClN4. The van der Waals surface area contributed by atoms with E-state index in [0.717, 1.165) is 11.4 Å². The van der Waals surface area contributed by atoms with Crippen LogP contribution in [-0.2, 0) is 0 Å². The summed E-state index contributed by atoms with van der Waals surface area (Å²) in [6.07, 6.45) is 1.59. The van der Waals surface area contributed by atoms with Crippen molar-refractivity contribution < 1.29 is 0 Å². The number of hydrogen-bond donors (Lipinski definition) is 2. The number of nitrogen functional groups attached to an aromatic ring is 1. The molecule has 0 bridgehead atoms. The highest BCUT2D eigenvalue weighted by Crippen LogP contribution is 2.16. The molecule has 1 heterocycles. The Labute approximate surface area is 98.2 Å². The number of hydrogen-bond acceptors (Lipinski definition) is 2. The van der Waals surface area contributed by atoms with Gasteiger partial charge in [0.15, 0.2) is 0 Å². The van der Waals surface area contributed by atoms with E-state index in [1.54, 1.807) is 23.0 Å². The number of nitrogens with two attached hydrogens (primary N) is 1. The lowest BCUT2D eigenvalue weighted by Crippen LogP contribution is -2.12. The molecule has 2 rings (SSSR count). The van der Waals surface area contributed by atoms with Crippen molar-refractivity contribution in [2.75, 3.05) is 0 Å². The van der Waals surface area contributed by atoms with Gasteiger partial charge in [-0.25, -0.2) is 4.68 Å². The molecule has 5 heteroatoms. The van der Waals surface area contributed by atoms with Gasteiger partial charge in [0.2, 0.25) is 0 Å². The highest BCUT2D eigenvalue weighted by atomic mass is 35.5. The van der Waals surface area contributed by atoms with Crippen LogP contribution in [0.3, 0.4) is 0 Å². The average molecular weight is 235 g/mol. The third-order valence-electron chi connectivity index (χ3n) is 2.37. The van der Waals surface area contributed by atoms with E-state index in [1.807, 2.05) is 19.1 Å². The Morgan fingerprint density at radius 2 is 2.00 bits per heavy atom. The zero-order chi connectivity index (χ0) is 11.7. The molecule has 4 nitrogen and oxygen atoms in total. The summed E-state index contributed by atoms with van der Waals surface area (Å²) < 4.78 is 1.73. The number of rotatable bonds is 2. The predicted molar refractivity (Wildman–Crippen MR) is 64.3 cm³/mol. The van der Waals surface area contributed by atoms with Crippen LogP contribution in [0.4, 0.5) is 0 Å². The lowest BCUT2D eigenvalue weighted by Gasteiger charge is -2.04. The summed E-state index contributed by atoms with van der Waals surface area (Å²) in [6.45, 7) is 1.87. The van der Waals surface area contributed by atoms with E-state index in [-0.39, 0.29) is 5.84 Å². The number of aromatic nitrogens is 2. The minimum Gasteiger partial charge on any atom is -0.384 e. The molecule has 0 spiro atoms. The van der Waals surface area contributed by atoms with E-state index in [1.165, 1.54) is 0 Å². The minimum atomic E-state index is 0.0257. The highest BCUT2D eigenvalue weighted by molar-refractivity contribution is 6.30. The van der Waals surface area contributed by atoms with Gasteiger partial charge < -0.3 is 5.73 Å². The molecule has 0 fully saturated rings. The average Bonchev–Trinajstić information content (AvgIpc) is 2.61. The molecular weight excluding hydrogens is 224 g/mol. The third kappa shape index (κ3) is 1.79. The second-order valence-corrected chi connectivity index (χ2v) is 3.88. The van der Waals surface area contributed by atoms with Gasteiger partial charge in [-0.15, -0.1) is 0 Å². The van der Waals surface area contributed by atoms with E-state index < -0.39 is 0 Å². The molecule has 0 aliphatic rings. The van der Waals surface area contributed by atoms with Gasteiger partial charge in [-0.1, -0.05) is 11.6 Å². The van der Waals surface area contributed by atoms with Crippen molar-refractivity contribution in [2.45, 2.75) is 6.92 Å². The first-order chi connectivity index (χ1) is 7.59. The number of nitrogens with one attached hydrogen (secondary N) is 1. The van der Waals surface area contributed by atoms with Crippen LogP contribution in [0.5, 0.6) is 0 Å². The van der Waals surface area contributed by atoms with Gasteiger partial charge in [-0.05, 0) is 31.2 Å². The van der Waals surface area contributed by atoms with Gasteiger partial charge in [0.05, 0.1) is 23.1 Å². The first-order valence-corrected chi connectivity index (χ1v) is 5.12. The Balaban J connectivity index is 2.49. The fourth-order valence-corrected chi connectivity index (χ4v) is 1.64. The molecule has 82 valence electrons. The molecule has 0 atom stereocenters. The van der Waals surface area contributed by atoms with Crippen LogP contribution >= 0.6 is 11.6 Å². The number of nitrogens with zero attached hydrogens (tertiary/aromatic N) is 2. The molecule has 0 amide bonds. The van der Waals surface area contributed by atoms with Gasteiger partial charge in [0, 0.05) is 5.02 Å². The Hall–Kier alpha value is -1.81. The van der Waals surface area contributed by atoms with Gasteiger partial charge in [0.25, 0.3) is 0 Å². The van der Waals surface area contributed by atoms with E-state index in [0.29, 0.717) is 10.6 Å². The molecule has 16 heavy (non-hydrogen) atoms. The van der Waals surface area contributed by atoms with Crippen LogP contribution in [0.1, 0.15) is 11.3 Å². The Kier molecular flexibility index (Phi) is 2.66. The smallest absolute Gasteiger partial charge is 0.126 e. The van der Waals surface area contributed by atoms with Crippen LogP contribution in [0.2, 0.25) is 5.02 Å². The molecule has 2 aromatic rings. The standard InChI is InChI=1S/C11H11ClN4/c1-7-10(11(13)14)6-15-16(7)9-4-2-8(12)3-5-9/h2-6H,1H3,(H3,13,14). The van der Waals surface area contributed by atoms with Gasteiger partial charge in [-0.2, -0.15) is 5.10 Å². The maximum Gasteiger partial charge on any atom is 0.126 e. The summed E-state index contributed by atoms with van der Waals surface area (Å²) in [5.74, 6) is 0.0257. The van der Waals surface area contributed by atoms with Crippen molar-refractivity contribution in [1.29, 1.82) is 5.41 Å². The molecule has 0 saturated carbocycles. The molecule has 3 N–H and O–H groups in total. The molecule has 0 saturated heterocycles. The number of benzene rings is 1. The molecule has 0 unspecified atom stereocenters. The van der Waals surface area contributed by atoms with Crippen molar-refractivity contribution >= 4 is 17.4 Å². The monoisotopic (exact) mass is 234 g/mol. The molecule has 0 radical (unpaired) electrons. The zero-order valence-corrected chi connectivity index (χ0v) is 9.49. The largest absolute Gasteiger partial charge is 0.384 e. The maximum atomic E-state index is 7.39. The second-order valence-electron chi connectivity index (χ2n) is 3.45. The third-order valence-corrected chi connectivity index (χ3v) is 2.62. The summed E-state index contributed by atoms with van der Waals surface area (Å²) in [4.78, 5) is 0. The van der Waals surface area contributed by atoms with E-state index in [4.69, 9.17) is 22.7 Å². The number of amidine groups is 1. The van der Waals surface area contributed by atoms with Crippen molar-refractivity contribution in [3.63, 3.8) is 0 Å². The van der Waals surface area contributed by atoms with Crippen LogP contribution in [0.15, 0.2) is 30.5 Å². The quantitative estimate of drug-likeness (QED) is 0.617. The van der Waals surface area contributed by atoms with Crippen LogP contribution in [0.25, 0.3) is 5.69 Å². The molecule has 1 aromatic heterocycles. The van der Waals surface area contributed by atoms with E-state index in [2.05, 4.69) is 5.10 Å². The van der Waals surface area contributed by atoms with Crippen molar-refractivity contribution in [1.82, 2.24) is 9.78 Å². The fraction of sp³-hybridized carbons (Fsp3) is 0.0909. The predicted octanol–water partition coefficient (Wildman–Crippen LogP) is 2.12. The zero-order valence-electron chi connectivity index (χ0n) is 8.74. The normalized spacial score (nSPS) is 10.4. The van der Waals surface area contributed by atoms with E-state index in [9.17, 15) is 0 Å². The van der Waals surface area contributed by atoms with Crippen molar-refractivity contribution in [3.8, 4) is 5.69 Å². The summed E-state index contributed by atoms with van der Waals surface area (Å²) in [5.41, 5.74) is 7.83. The van der Waals surface area contributed by atoms with Crippen LogP contribution in [-0.4, -0.2) is 15.6 Å². The first-order valence-electron chi connectivity index (χ1n) is 4.74. The Bertz CT molecular complexity index is 527. The van der Waals surface area contributed by atoms with Gasteiger partial charge >= 0.3 is 0 Å². The lowest BCUT2D eigenvalue weighted by molar-refractivity contribution is 0.847. The van der Waals surface area contributed by atoms with Gasteiger partial charge in [0.1, 0.15) is 5.84 Å². The topological polar surface area (TPSA) is 67.7 Å². The second kappa shape index (κ2) is 3.98. The molecule has 1 aromatic carbocycles. The van der Waals surface area contributed by atoms with E-state index >= 15 is 0 Å². The summed E-state index contributed by atoms with van der Waals surface area (Å²) in [7, 11) is 0. The van der Waals surface area contributed by atoms with Crippen LogP contribution < -0.4 is 5.73 Å². The van der Waals surface area contributed by atoms with Crippen LogP contribution in [0, 0.1) is 12.3 Å². The SMILES string of the molecule is Cc1c(C(=N)N)cnn1-c1ccc(Cl)cc1. The van der Waals surface area contributed by atoms with Crippen molar-refractivity contribution in [3.05, 3.63) is 46.7 Å². The molecule has 0 aliphatic heterocycles. The highest BCUT2D eigenvalue weighted by Gasteiger charge is 2.09. The Morgan fingerprint density at radius 1 is 1.38 bits per heavy atom. The summed E-state index contributed by atoms with van der Waals surface area (Å²) in [6, 6.07) is 7.33. The minimum absolute atomic E-state index is 0.0257. The summed E-state index contributed by atoms with van der Waals surface area (Å²) >= 11 is 5.81. The molecule has 0 aliphatic carbocycles. The fourth-order valence-electron chi connectivity index (χ4n) is 1.52. The lowest BCUT2D eigenvalue weighted by atomic mass is 10.2. The van der Waals surface area contributed by atoms with Crippen molar-refractivity contribution in [2.24, 2.45) is 5.73 Å². The number of halogens is 1. The summed E-state index contributed by atoms with van der Waals surface area (Å²) in [5, 5.41) is 12.3. The maximum absolute atomic E-state index is 7.39. The van der Waals surface area contributed by atoms with Gasteiger partial charge in [-0.3, -0.25) is 5.41 Å². The first kappa shape index (κ1) is 10.7.